The fourth-order valence-electron chi connectivity index (χ4n) is 4.23. The molecule has 0 bridgehead atoms. The number of carbonyl (C=O) groups is 1. The van der Waals surface area contributed by atoms with Crippen molar-refractivity contribution in [2.75, 3.05) is 25.1 Å². The van der Waals surface area contributed by atoms with E-state index in [0.29, 0.717) is 29.8 Å². The van der Waals surface area contributed by atoms with E-state index in [0.717, 1.165) is 24.4 Å². The highest BCUT2D eigenvalue weighted by molar-refractivity contribution is 5.75. The van der Waals surface area contributed by atoms with Crippen LogP contribution in [0.2, 0.25) is 0 Å². The number of amides is 1. The molecular formula is C22H28N6O3. The molecule has 9 heteroatoms. The molecule has 3 heterocycles. The van der Waals surface area contributed by atoms with Gasteiger partial charge in [-0.2, -0.15) is 0 Å². The van der Waals surface area contributed by atoms with Gasteiger partial charge in [-0.1, -0.05) is 26.0 Å². The number of fused-ring (bicyclic) bond motifs is 1. The van der Waals surface area contributed by atoms with Crippen molar-refractivity contribution in [2.24, 2.45) is 11.8 Å². The summed E-state index contributed by atoms with van der Waals surface area (Å²) in [6, 6.07) is 7.44. The normalized spacial score (nSPS) is 18.9. The van der Waals surface area contributed by atoms with Crippen LogP contribution in [0.3, 0.4) is 0 Å². The third-order valence-corrected chi connectivity index (χ3v) is 5.59. The van der Waals surface area contributed by atoms with Crippen LogP contribution in [-0.2, 0) is 17.9 Å². The zero-order valence-electron chi connectivity index (χ0n) is 18.1. The first-order valence-electron chi connectivity index (χ1n) is 10.5. The predicted octanol–water partition coefficient (Wildman–Crippen LogP) is 1.70. The van der Waals surface area contributed by atoms with Crippen molar-refractivity contribution in [3.05, 3.63) is 52.7 Å². The molecule has 164 valence electrons. The number of methoxy groups -OCH3 is 1. The molecule has 31 heavy (non-hydrogen) atoms. The largest absolute Gasteiger partial charge is 0.497 e. The Bertz CT molecular complexity index is 1110. The molecule has 0 aliphatic carbocycles. The molecule has 1 N–H and O–H groups in total. The maximum atomic E-state index is 12.8. The topological polar surface area (TPSA) is 93.8 Å². The lowest BCUT2D eigenvalue weighted by molar-refractivity contribution is -0.122. The average molecular weight is 425 g/mol. The second-order valence-electron chi connectivity index (χ2n) is 8.36. The monoisotopic (exact) mass is 424 g/mol. The summed E-state index contributed by atoms with van der Waals surface area (Å²) in [7, 11) is 1.61. The molecule has 0 spiro atoms. The number of nitrogens with zero attached hydrogens (tertiary/aromatic N) is 5. The minimum atomic E-state index is -0.351. The number of piperidine rings is 1. The Morgan fingerprint density at radius 3 is 2.58 bits per heavy atom. The van der Waals surface area contributed by atoms with Crippen molar-refractivity contribution in [1.82, 2.24) is 24.5 Å². The molecule has 1 fully saturated rings. The van der Waals surface area contributed by atoms with Crippen LogP contribution in [0.25, 0.3) is 5.65 Å². The summed E-state index contributed by atoms with van der Waals surface area (Å²) in [5.41, 5.74) is 1.07. The van der Waals surface area contributed by atoms with Crippen LogP contribution in [-0.4, -0.2) is 45.3 Å². The third-order valence-electron chi connectivity index (χ3n) is 5.59. The van der Waals surface area contributed by atoms with Gasteiger partial charge in [0.05, 0.1) is 7.11 Å². The third kappa shape index (κ3) is 4.55. The van der Waals surface area contributed by atoms with Gasteiger partial charge in [0.1, 0.15) is 12.3 Å². The maximum Gasteiger partial charge on any atom is 0.350 e. The standard InChI is InChI=1S/C22H28N6O3/c1-15-10-16(2)13-26(12-15)20-21-25-28(22(30)27(21)9-8-23-20)14-19(29)24-11-17-4-6-18(31-3)7-5-17/h4-9,15-16H,10-14H2,1-3H3,(H,24,29)/t15-,16+. The zero-order chi connectivity index (χ0) is 22.0. The molecule has 4 rings (SSSR count). The minimum absolute atomic E-state index is 0.150. The lowest BCUT2D eigenvalue weighted by atomic mass is 9.92. The smallest absolute Gasteiger partial charge is 0.350 e. The van der Waals surface area contributed by atoms with Gasteiger partial charge in [0.15, 0.2) is 5.82 Å². The average Bonchev–Trinajstić information content (AvgIpc) is 3.07. The Balaban J connectivity index is 1.49. The fourth-order valence-corrected chi connectivity index (χ4v) is 4.23. The first-order valence-corrected chi connectivity index (χ1v) is 10.5. The number of ether oxygens (including phenoxy) is 1. The molecule has 2 aromatic heterocycles. The number of aromatic nitrogens is 4. The Kier molecular flexibility index (Phi) is 5.92. The van der Waals surface area contributed by atoms with Crippen LogP contribution in [0.15, 0.2) is 41.5 Å². The summed E-state index contributed by atoms with van der Waals surface area (Å²) < 4.78 is 7.79. The summed E-state index contributed by atoms with van der Waals surface area (Å²) >= 11 is 0. The van der Waals surface area contributed by atoms with Gasteiger partial charge in [-0.3, -0.25) is 4.79 Å². The van der Waals surface area contributed by atoms with Crippen molar-refractivity contribution in [3.8, 4) is 5.75 Å². The number of hydrogen-bond donors (Lipinski definition) is 1. The fraction of sp³-hybridized carbons (Fsp3) is 0.455. The van der Waals surface area contributed by atoms with Gasteiger partial charge in [0.2, 0.25) is 11.6 Å². The molecule has 1 aromatic carbocycles. The molecule has 3 aromatic rings. The van der Waals surface area contributed by atoms with Gasteiger partial charge < -0.3 is 15.0 Å². The maximum absolute atomic E-state index is 12.8. The molecule has 0 unspecified atom stereocenters. The highest BCUT2D eigenvalue weighted by Gasteiger charge is 2.25. The van der Waals surface area contributed by atoms with Crippen LogP contribution in [0.1, 0.15) is 25.8 Å². The van der Waals surface area contributed by atoms with Gasteiger partial charge in [-0.05, 0) is 36.0 Å². The van der Waals surface area contributed by atoms with E-state index in [1.54, 1.807) is 19.5 Å². The van der Waals surface area contributed by atoms with Crippen molar-refractivity contribution in [1.29, 1.82) is 0 Å². The van der Waals surface area contributed by atoms with Crippen LogP contribution in [0.5, 0.6) is 5.75 Å². The summed E-state index contributed by atoms with van der Waals surface area (Å²) in [6.07, 6.45) is 4.38. The number of nitrogens with one attached hydrogen (secondary N) is 1. The SMILES string of the molecule is COc1ccc(CNC(=O)Cn2nc3c(N4C[C@H](C)C[C@H](C)C4)nccn3c2=O)cc1. The molecule has 1 saturated heterocycles. The van der Waals surface area contributed by atoms with Gasteiger partial charge in [-0.15, -0.1) is 5.10 Å². The summed E-state index contributed by atoms with van der Waals surface area (Å²) in [5.74, 6) is 2.26. The lowest BCUT2D eigenvalue weighted by Gasteiger charge is -2.35. The number of anilines is 1. The van der Waals surface area contributed by atoms with Crippen molar-refractivity contribution in [3.63, 3.8) is 0 Å². The molecule has 0 radical (unpaired) electrons. The Morgan fingerprint density at radius 2 is 1.90 bits per heavy atom. The second kappa shape index (κ2) is 8.79. The van der Waals surface area contributed by atoms with Crippen molar-refractivity contribution >= 4 is 17.4 Å². The zero-order valence-corrected chi connectivity index (χ0v) is 18.1. The van der Waals surface area contributed by atoms with Crippen LogP contribution in [0.4, 0.5) is 5.82 Å². The molecule has 1 amide bonds. The van der Waals surface area contributed by atoms with E-state index < -0.39 is 0 Å². The summed E-state index contributed by atoms with van der Waals surface area (Å²) in [4.78, 5) is 31.9. The van der Waals surface area contributed by atoms with Gasteiger partial charge in [0, 0.05) is 32.0 Å². The number of benzene rings is 1. The van der Waals surface area contributed by atoms with Crippen LogP contribution in [0, 0.1) is 11.8 Å². The second-order valence-corrected chi connectivity index (χ2v) is 8.36. The van der Waals surface area contributed by atoms with E-state index in [9.17, 15) is 9.59 Å². The molecule has 2 atom stereocenters. The molecule has 1 aliphatic rings. The van der Waals surface area contributed by atoms with E-state index in [1.165, 1.54) is 15.5 Å². The van der Waals surface area contributed by atoms with Crippen molar-refractivity contribution < 1.29 is 9.53 Å². The van der Waals surface area contributed by atoms with Gasteiger partial charge in [0.25, 0.3) is 0 Å². The highest BCUT2D eigenvalue weighted by atomic mass is 16.5. The molecule has 0 saturated carbocycles. The Labute approximate surface area is 180 Å². The predicted molar refractivity (Wildman–Crippen MR) is 117 cm³/mol. The van der Waals surface area contributed by atoms with Crippen LogP contribution >= 0.6 is 0 Å². The molecule has 9 nitrogen and oxygen atoms in total. The minimum Gasteiger partial charge on any atom is -0.497 e. The highest BCUT2D eigenvalue weighted by Crippen LogP contribution is 2.26. The summed E-state index contributed by atoms with van der Waals surface area (Å²) in [6.45, 7) is 6.41. The molecular weight excluding hydrogens is 396 g/mol. The molecule has 1 aliphatic heterocycles. The van der Waals surface area contributed by atoms with E-state index in [4.69, 9.17) is 4.74 Å². The lowest BCUT2D eigenvalue weighted by Crippen LogP contribution is -2.39. The Hall–Kier alpha value is -3.36. The van der Waals surface area contributed by atoms with Crippen LogP contribution < -0.4 is 20.6 Å². The number of rotatable bonds is 6. The Morgan fingerprint density at radius 1 is 1.19 bits per heavy atom. The van der Waals surface area contributed by atoms with Gasteiger partial charge >= 0.3 is 5.69 Å². The van der Waals surface area contributed by atoms with E-state index in [-0.39, 0.29) is 18.1 Å². The first-order chi connectivity index (χ1) is 14.9. The first kappa shape index (κ1) is 20.9. The number of carbonyl (C=O) groups excluding carboxylic acids is 1. The van der Waals surface area contributed by atoms with Gasteiger partial charge in [-0.25, -0.2) is 18.9 Å². The van der Waals surface area contributed by atoms with E-state index in [2.05, 4.69) is 34.1 Å². The summed E-state index contributed by atoms with van der Waals surface area (Å²) in [5, 5.41) is 7.27. The number of hydrogen-bond acceptors (Lipinski definition) is 6. The van der Waals surface area contributed by atoms with Crippen molar-refractivity contribution in [2.45, 2.75) is 33.4 Å². The van der Waals surface area contributed by atoms with E-state index in [1.807, 2.05) is 24.3 Å². The quantitative estimate of drug-likeness (QED) is 0.647. The van der Waals surface area contributed by atoms with E-state index >= 15 is 0 Å².